The lowest BCUT2D eigenvalue weighted by Crippen LogP contribution is -2.30. The smallest absolute Gasteiger partial charge is 0.335 e. The number of phenolic OH excluding ortho intramolecular Hbond substituents is 6. The lowest BCUT2D eigenvalue weighted by molar-refractivity contribution is -0.272. The molecule has 0 unspecified atom stereocenters. The summed E-state index contributed by atoms with van der Waals surface area (Å²) in [5, 5.41) is 84.9. The molecule has 11 heteroatoms. The largest absolute Gasteiger partial charge is 0.867 e. The number of fused-ring (bicyclic) bond motifs is 1. The summed E-state index contributed by atoms with van der Waals surface area (Å²) in [5.74, 6) is -4.42. The molecule has 4 rings (SSSR count). The van der Waals surface area contributed by atoms with Gasteiger partial charge in [-0.25, -0.2) is 4.79 Å². The van der Waals surface area contributed by atoms with Crippen LogP contribution >= 0.6 is 0 Å². The number of aliphatic hydroxyl groups is 1. The zero-order chi connectivity index (χ0) is 24.4. The van der Waals surface area contributed by atoms with Gasteiger partial charge >= 0.3 is 5.97 Å². The number of hydrogen-bond donors (Lipinski definition) is 8. The van der Waals surface area contributed by atoms with Crippen LogP contribution in [0.3, 0.4) is 0 Å². The number of ether oxygens (including phenoxy) is 1. The molecular weight excluding hydrogens is 440 g/mol. The summed E-state index contributed by atoms with van der Waals surface area (Å²) in [6.07, 6.45) is -1.56. The number of hydrogen-bond acceptors (Lipinski definition) is 10. The van der Waals surface area contributed by atoms with Crippen molar-refractivity contribution in [1.29, 1.82) is 0 Å². The highest BCUT2D eigenvalue weighted by molar-refractivity contribution is 5.89. The highest BCUT2D eigenvalue weighted by atomic mass is 16.5. The molecule has 1 aliphatic heterocycles. The van der Waals surface area contributed by atoms with Gasteiger partial charge in [-0.1, -0.05) is 6.07 Å². The molecule has 0 aliphatic carbocycles. The van der Waals surface area contributed by atoms with Crippen LogP contribution in [0, 0.1) is 0 Å². The van der Waals surface area contributed by atoms with Gasteiger partial charge in [-0.2, -0.15) is 0 Å². The molecule has 8 N–H and O–H groups in total. The summed E-state index contributed by atoms with van der Waals surface area (Å²) in [4.78, 5) is 10.3. The standard InChI is InChI=1S/C15H14O6.C7H6O5/c16-8-4-11(18)9-6-13(20)15(21-14(9)5-8)7-1-2-10(17)12(19)3-7;8-4-1-3(7(11)12)2-5(9)6(4)10/h1-5,13,15-20H,6H2;1-2,8-10H,(H,11,12)/p-1/t13-,15+;/m0./s1. The van der Waals surface area contributed by atoms with Crippen LogP contribution in [0.4, 0.5) is 0 Å². The van der Waals surface area contributed by atoms with E-state index in [2.05, 4.69) is 0 Å². The minimum atomic E-state index is -1.32. The van der Waals surface area contributed by atoms with E-state index in [0.717, 1.165) is 12.1 Å². The van der Waals surface area contributed by atoms with E-state index in [0.29, 0.717) is 11.1 Å². The average molecular weight is 459 g/mol. The SMILES string of the molecule is O=C(O)c1cc(O)c([O-])c(O)c1.Oc1cc(O)c2c(c1)O[C@H](c1ccc(O)c(O)c1)[C@@H](O)C2. The Labute approximate surface area is 185 Å². The minimum Gasteiger partial charge on any atom is -0.867 e. The summed E-state index contributed by atoms with van der Waals surface area (Å²) in [7, 11) is 0. The molecule has 3 aromatic carbocycles. The van der Waals surface area contributed by atoms with Gasteiger partial charge in [-0.15, -0.1) is 0 Å². The monoisotopic (exact) mass is 459 g/mol. The van der Waals surface area contributed by atoms with Crippen molar-refractivity contribution in [2.45, 2.75) is 18.6 Å². The molecule has 0 amide bonds. The summed E-state index contributed by atoms with van der Waals surface area (Å²) in [6, 6.07) is 8.23. The maximum atomic E-state index is 10.7. The lowest BCUT2D eigenvalue weighted by Gasteiger charge is -2.31. The van der Waals surface area contributed by atoms with E-state index in [1.165, 1.54) is 30.3 Å². The van der Waals surface area contributed by atoms with Crippen molar-refractivity contribution in [2.24, 2.45) is 0 Å². The summed E-state index contributed by atoms with van der Waals surface area (Å²) >= 11 is 0. The van der Waals surface area contributed by atoms with Crippen molar-refractivity contribution >= 4 is 5.97 Å². The topological polar surface area (TPSA) is 211 Å². The number of carboxylic acid groups (broad SMARTS) is 1. The molecule has 0 saturated carbocycles. The maximum absolute atomic E-state index is 10.7. The van der Waals surface area contributed by atoms with E-state index in [4.69, 9.17) is 20.1 Å². The fourth-order valence-corrected chi connectivity index (χ4v) is 3.19. The number of benzene rings is 3. The Morgan fingerprint density at radius 1 is 0.848 bits per heavy atom. The van der Waals surface area contributed by atoms with E-state index >= 15 is 0 Å². The Morgan fingerprint density at radius 2 is 1.48 bits per heavy atom. The fraction of sp³-hybridized carbons (Fsp3) is 0.136. The number of carboxylic acids is 1. The second kappa shape index (κ2) is 8.93. The first-order valence-electron chi connectivity index (χ1n) is 9.35. The lowest BCUT2D eigenvalue weighted by atomic mass is 9.94. The van der Waals surface area contributed by atoms with Gasteiger partial charge in [0.15, 0.2) is 11.5 Å². The quantitative estimate of drug-likeness (QED) is 0.257. The van der Waals surface area contributed by atoms with Crippen molar-refractivity contribution in [3.63, 3.8) is 0 Å². The average Bonchev–Trinajstić information content (AvgIpc) is 2.74. The second-order valence-electron chi connectivity index (χ2n) is 7.15. The van der Waals surface area contributed by atoms with Crippen LogP contribution in [-0.4, -0.2) is 52.9 Å². The van der Waals surface area contributed by atoms with Gasteiger partial charge in [-0.3, -0.25) is 0 Å². The first-order valence-corrected chi connectivity index (χ1v) is 9.35. The highest BCUT2D eigenvalue weighted by Crippen LogP contribution is 2.42. The van der Waals surface area contributed by atoms with E-state index in [1.807, 2.05) is 0 Å². The van der Waals surface area contributed by atoms with Crippen molar-refractivity contribution in [3.8, 4) is 46.0 Å². The molecule has 33 heavy (non-hydrogen) atoms. The van der Waals surface area contributed by atoms with Gasteiger partial charge in [0.25, 0.3) is 0 Å². The van der Waals surface area contributed by atoms with Crippen molar-refractivity contribution in [2.75, 3.05) is 0 Å². The Kier molecular flexibility index (Phi) is 6.26. The Bertz CT molecular complexity index is 1180. The molecule has 174 valence electrons. The van der Waals surface area contributed by atoms with Crippen LogP contribution in [-0.2, 0) is 6.42 Å². The third-order valence-electron chi connectivity index (χ3n) is 4.81. The normalized spacial score (nSPS) is 16.6. The van der Waals surface area contributed by atoms with Crippen LogP contribution < -0.4 is 9.84 Å². The predicted molar refractivity (Wildman–Crippen MR) is 109 cm³/mol. The van der Waals surface area contributed by atoms with E-state index in [1.54, 1.807) is 0 Å². The first kappa shape index (κ1) is 23.2. The molecule has 1 aliphatic rings. The Balaban J connectivity index is 0.000000218. The van der Waals surface area contributed by atoms with Crippen LogP contribution in [0.5, 0.6) is 46.0 Å². The molecule has 0 saturated heterocycles. The van der Waals surface area contributed by atoms with Crippen LogP contribution in [0.15, 0.2) is 42.5 Å². The van der Waals surface area contributed by atoms with Gasteiger partial charge in [0.1, 0.15) is 34.9 Å². The van der Waals surface area contributed by atoms with Gasteiger partial charge in [0.05, 0.1) is 11.7 Å². The molecule has 0 fully saturated rings. The van der Waals surface area contributed by atoms with E-state index in [9.17, 15) is 35.4 Å². The Morgan fingerprint density at radius 3 is 2.06 bits per heavy atom. The third-order valence-corrected chi connectivity index (χ3v) is 4.81. The molecule has 3 aromatic rings. The van der Waals surface area contributed by atoms with Gasteiger partial charge in [-0.05, 0) is 35.6 Å². The van der Waals surface area contributed by atoms with Crippen molar-refractivity contribution < 1.29 is 55.5 Å². The molecule has 0 bridgehead atoms. The molecular formula is C22H19O11-. The zero-order valence-electron chi connectivity index (χ0n) is 16.7. The second-order valence-corrected chi connectivity index (χ2v) is 7.15. The van der Waals surface area contributed by atoms with Gasteiger partial charge in [0, 0.05) is 24.1 Å². The molecule has 1 heterocycles. The number of aromatic carboxylic acids is 1. The molecule has 0 radical (unpaired) electrons. The molecule has 0 spiro atoms. The summed E-state index contributed by atoms with van der Waals surface area (Å²) < 4.78 is 5.62. The van der Waals surface area contributed by atoms with Crippen LogP contribution in [0.1, 0.15) is 27.6 Å². The van der Waals surface area contributed by atoms with E-state index < -0.39 is 35.4 Å². The number of aliphatic hydroxyl groups excluding tert-OH is 1. The molecule has 2 atom stereocenters. The zero-order valence-corrected chi connectivity index (χ0v) is 16.7. The van der Waals surface area contributed by atoms with Crippen molar-refractivity contribution in [1.82, 2.24) is 0 Å². The number of carbonyl (C=O) groups is 1. The first-order chi connectivity index (χ1) is 15.5. The fourth-order valence-electron chi connectivity index (χ4n) is 3.19. The number of phenols is 6. The Hall–Kier alpha value is -4.51. The third kappa shape index (κ3) is 4.88. The maximum Gasteiger partial charge on any atom is 0.335 e. The summed E-state index contributed by atoms with van der Waals surface area (Å²) in [6.45, 7) is 0. The summed E-state index contributed by atoms with van der Waals surface area (Å²) in [5.41, 5.74) is 0.565. The van der Waals surface area contributed by atoms with E-state index in [-0.39, 0.29) is 40.7 Å². The van der Waals surface area contributed by atoms with Gasteiger partial charge < -0.3 is 50.7 Å². The van der Waals surface area contributed by atoms with Gasteiger partial charge in [0.2, 0.25) is 0 Å². The number of aromatic hydroxyl groups is 6. The number of rotatable bonds is 2. The van der Waals surface area contributed by atoms with Crippen LogP contribution in [0.25, 0.3) is 0 Å². The highest BCUT2D eigenvalue weighted by Gasteiger charge is 2.32. The van der Waals surface area contributed by atoms with Crippen LogP contribution in [0.2, 0.25) is 0 Å². The molecule has 0 aromatic heterocycles. The predicted octanol–water partition coefficient (Wildman–Crippen LogP) is 1.42. The minimum absolute atomic E-state index is 0.143. The van der Waals surface area contributed by atoms with Crippen molar-refractivity contribution in [3.05, 3.63) is 59.2 Å². The molecule has 11 nitrogen and oxygen atoms in total.